The van der Waals surface area contributed by atoms with Gasteiger partial charge in [-0.05, 0) is 12.8 Å². The summed E-state index contributed by atoms with van der Waals surface area (Å²) in [5.41, 5.74) is 0. The molecule has 7 nitrogen and oxygen atoms in total. The van der Waals surface area contributed by atoms with Crippen molar-refractivity contribution < 1.29 is 24.3 Å². The molecule has 2 amide bonds. The Balaban J connectivity index is 2.33. The van der Waals surface area contributed by atoms with Crippen molar-refractivity contribution in [2.75, 3.05) is 19.4 Å². The minimum Gasteiger partial charge on any atom is -0.346 e. The summed E-state index contributed by atoms with van der Waals surface area (Å²) >= 11 is 0. The quantitative estimate of drug-likeness (QED) is 0.390. The van der Waals surface area contributed by atoms with Gasteiger partial charge in [-0.1, -0.05) is 19.3 Å². The largest absolute Gasteiger partial charge is 0.346 e. The van der Waals surface area contributed by atoms with Crippen LogP contribution in [0, 0.1) is 0 Å². The standard InChI is InChI=1S/C11H21N2O5P/c1-19(17,18)8-10(14)12-7-11(15)13(16)9-5-3-2-4-6-9/h9,16H,2-8H2,1H3,(H,12,14)(H,17,18). The van der Waals surface area contributed by atoms with Crippen molar-refractivity contribution in [2.24, 2.45) is 0 Å². The summed E-state index contributed by atoms with van der Waals surface area (Å²) in [6.07, 6.45) is 4.07. The first kappa shape index (κ1) is 16.1. The van der Waals surface area contributed by atoms with E-state index in [9.17, 15) is 19.4 Å². The first-order chi connectivity index (χ1) is 8.79. The predicted molar refractivity (Wildman–Crippen MR) is 69.1 cm³/mol. The third kappa shape index (κ3) is 6.18. The highest BCUT2D eigenvalue weighted by Crippen LogP contribution is 2.34. The molecule has 1 unspecified atom stereocenters. The highest BCUT2D eigenvalue weighted by molar-refractivity contribution is 7.58. The van der Waals surface area contributed by atoms with E-state index in [0.29, 0.717) is 5.06 Å². The molecular formula is C11H21N2O5P. The highest BCUT2D eigenvalue weighted by atomic mass is 31.2. The van der Waals surface area contributed by atoms with Crippen molar-refractivity contribution in [3.63, 3.8) is 0 Å². The van der Waals surface area contributed by atoms with Crippen LogP contribution in [0.2, 0.25) is 0 Å². The Labute approximate surface area is 112 Å². The molecular weight excluding hydrogens is 271 g/mol. The maximum atomic E-state index is 11.6. The molecule has 3 N–H and O–H groups in total. The number of nitrogens with one attached hydrogen (secondary N) is 1. The van der Waals surface area contributed by atoms with Gasteiger partial charge in [-0.15, -0.1) is 0 Å². The Morgan fingerprint density at radius 1 is 1.32 bits per heavy atom. The molecule has 0 spiro atoms. The average Bonchev–Trinajstić information content (AvgIpc) is 2.34. The Kier molecular flexibility index (Phi) is 5.97. The molecule has 8 heteroatoms. The van der Waals surface area contributed by atoms with Crippen LogP contribution in [0.4, 0.5) is 0 Å². The Morgan fingerprint density at radius 2 is 1.89 bits per heavy atom. The second-order valence-corrected chi connectivity index (χ2v) is 7.43. The number of nitrogens with zero attached hydrogens (tertiary/aromatic N) is 1. The molecule has 1 aliphatic carbocycles. The van der Waals surface area contributed by atoms with Crippen LogP contribution in [-0.2, 0) is 14.2 Å². The smallest absolute Gasteiger partial charge is 0.265 e. The molecule has 1 atom stereocenters. The molecule has 1 saturated carbocycles. The van der Waals surface area contributed by atoms with Gasteiger partial charge in [-0.2, -0.15) is 0 Å². The minimum atomic E-state index is -3.43. The van der Waals surface area contributed by atoms with Crippen molar-refractivity contribution in [1.29, 1.82) is 0 Å². The first-order valence-corrected chi connectivity index (χ1v) is 8.66. The van der Waals surface area contributed by atoms with E-state index in [1.165, 1.54) is 0 Å². The van der Waals surface area contributed by atoms with Crippen LogP contribution in [0.5, 0.6) is 0 Å². The minimum absolute atomic E-state index is 0.187. The lowest BCUT2D eigenvalue weighted by molar-refractivity contribution is -0.177. The number of carbonyl (C=O) groups is 2. The third-order valence-corrected chi connectivity index (χ3v) is 3.92. The molecule has 19 heavy (non-hydrogen) atoms. The molecule has 0 radical (unpaired) electrons. The molecule has 0 aromatic rings. The van der Waals surface area contributed by atoms with E-state index in [4.69, 9.17) is 4.89 Å². The van der Waals surface area contributed by atoms with E-state index < -0.39 is 25.3 Å². The lowest BCUT2D eigenvalue weighted by Crippen LogP contribution is -2.44. The molecule has 0 aliphatic heterocycles. The van der Waals surface area contributed by atoms with Crippen molar-refractivity contribution >= 4 is 19.2 Å². The summed E-state index contributed by atoms with van der Waals surface area (Å²) in [4.78, 5) is 31.9. The topological polar surface area (TPSA) is 107 Å². The SMILES string of the molecule is CP(=O)(O)CC(=O)NCC(=O)N(O)C1CCCCC1. The molecule has 0 aromatic heterocycles. The van der Waals surface area contributed by atoms with Crippen LogP contribution >= 0.6 is 7.37 Å². The predicted octanol–water partition coefficient (Wildman–Crippen LogP) is 0.553. The number of rotatable bonds is 5. The molecule has 0 saturated heterocycles. The number of hydrogen-bond acceptors (Lipinski definition) is 4. The second-order valence-electron chi connectivity index (χ2n) is 5.02. The van der Waals surface area contributed by atoms with E-state index in [1.54, 1.807) is 0 Å². The van der Waals surface area contributed by atoms with Crippen molar-refractivity contribution in [2.45, 2.75) is 38.1 Å². The van der Waals surface area contributed by atoms with E-state index in [-0.39, 0.29) is 12.6 Å². The summed E-state index contributed by atoms with van der Waals surface area (Å²) in [6.45, 7) is 0.723. The van der Waals surface area contributed by atoms with Crippen LogP contribution in [0.25, 0.3) is 0 Å². The van der Waals surface area contributed by atoms with E-state index in [2.05, 4.69) is 5.32 Å². The van der Waals surface area contributed by atoms with Gasteiger partial charge >= 0.3 is 0 Å². The fourth-order valence-electron chi connectivity index (χ4n) is 2.11. The molecule has 1 fully saturated rings. The zero-order valence-electron chi connectivity index (χ0n) is 11.0. The van der Waals surface area contributed by atoms with Crippen molar-refractivity contribution in [3.8, 4) is 0 Å². The molecule has 1 rings (SSSR count). The van der Waals surface area contributed by atoms with Crippen LogP contribution in [-0.4, -0.2) is 52.4 Å². The number of carbonyl (C=O) groups excluding carboxylic acids is 2. The van der Waals surface area contributed by atoms with Gasteiger partial charge in [0, 0.05) is 6.66 Å². The van der Waals surface area contributed by atoms with Crippen molar-refractivity contribution in [1.82, 2.24) is 10.4 Å². The van der Waals surface area contributed by atoms with Crippen LogP contribution in [0.1, 0.15) is 32.1 Å². The fraction of sp³-hybridized carbons (Fsp3) is 0.818. The summed E-state index contributed by atoms with van der Waals surface area (Å²) in [7, 11) is -3.43. The Bertz CT molecular complexity index is 375. The zero-order valence-corrected chi connectivity index (χ0v) is 11.9. The third-order valence-electron chi connectivity index (χ3n) is 3.05. The normalized spacial score (nSPS) is 19.5. The van der Waals surface area contributed by atoms with Crippen LogP contribution in [0.3, 0.4) is 0 Å². The molecule has 1 aliphatic rings. The Hall–Kier alpha value is -0.910. The van der Waals surface area contributed by atoms with Gasteiger partial charge in [0.2, 0.25) is 13.3 Å². The lowest BCUT2D eigenvalue weighted by atomic mass is 9.95. The average molecular weight is 292 g/mol. The molecule has 0 aromatic carbocycles. The molecule has 0 bridgehead atoms. The van der Waals surface area contributed by atoms with Crippen LogP contribution in [0.15, 0.2) is 0 Å². The molecule has 0 heterocycles. The lowest BCUT2D eigenvalue weighted by Gasteiger charge is -2.29. The van der Waals surface area contributed by atoms with Gasteiger partial charge in [-0.25, -0.2) is 5.06 Å². The Morgan fingerprint density at radius 3 is 2.42 bits per heavy atom. The van der Waals surface area contributed by atoms with Crippen molar-refractivity contribution in [3.05, 3.63) is 0 Å². The van der Waals surface area contributed by atoms with Gasteiger partial charge in [0.1, 0.15) is 6.16 Å². The number of hydrogen-bond donors (Lipinski definition) is 3. The number of hydroxylamine groups is 2. The highest BCUT2D eigenvalue weighted by Gasteiger charge is 2.24. The van der Waals surface area contributed by atoms with E-state index in [1.807, 2.05) is 0 Å². The molecule has 110 valence electrons. The summed E-state index contributed by atoms with van der Waals surface area (Å²) in [6, 6.07) is -0.187. The van der Waals surface area contributed by atoms with Gasteiger partial charge in [0.25, 0.3) is 5.91 Å². The van der Waals surface area contributed by atoms with Gasteiger partial charge in [0.05, 0.1) is 12.6 Å². The summed E-state index contributed by atoms with van der Waals surface area (Å²) in [5, 5.41) is 12.6. The first-order valence-electron chi connectivity index (χ1n) is 6.36. The second kappa shape index (κ2) is 7.03. The van der Waals surface area contributed by atoms with Gasteiger partial charge in [-0.3, -0.25) is 19.4 Å². The maximum Gasteiger partial charge on any atom is 0.265 e. The van der Waals surface area contributed by atoms with Gasteiger partial charge in [0.15, 0.2) is 0 Å². The summed E-state index contributed by atoms with van der Waals surface area (Å²) in [5.74, 6) is -1.26. The van der Waals surface area contributed by atoms with Gasteiger partial charge < -0.3 is 10.2 Å². The maximum absolute atomic E-state index is 11.6. The fourth-order valence-corrected chi connectivity index (χ4v) is 2.75. The van der Waals surface area contributed by atoms with Crippen LogP contribution < -0.4 is 5.32 Å². The summed E-state index contributed by atoms with van der Waals surface area (Å²) < 4.78 is 11.0. The number of amides is 2. The zero-order chi connectivity index (χ0) is 14.5. The van der Waals surface area contributed by atoms with E-state index in [0.717, 1.165) is 38.8 Å². The van der Waals surface area contributed by atoms with E-state index >= 15 is 0 Å². The monoisotopic (exact) mass is 292 g/mol.